The Bertz CT molecular complexity index is 737. The number of nitrogens with one attached hydrogen (secondary N) is 2. The summed E-state index contributed by atoms with van der Waals surface area (Å²) in [6.07, 6.45) is 0. The highest BCUT2D eigenvalue weighted by Crippen LogP contribution is 2.17. The van der Waals surface area contributed by atoms with Crippen molar-refractivity contribution in [2.45, 2.75) is 26.8 Å². The van der Waals surface area contributed by atoms with Crippen LogP contribution >= 0.6 is 11.6 Å². The van der Waals surface area contributed by atoms with Gasteiger partial charge in [-0.1, -0.05) is 11.6 Å². The number of amides is 2. The van der Waals surface area contributed by atoms with Crippen molar-refractivity contribution >= 4 is 29.2 Å². The molecule has 0 aliphatic carbocycles. The van der Waals surface area contributed by atoms with Crippen molar-refractivity contribution in [3.8, 4) is 0 Å². The molecule has 0 spiro atoms. The van der Waals surface area contributed by atoms with Gasteiger partial charge in [-0.25, -0.2) is 0 Å². The van der Waals surface area contributed by atoms with Crippen LogP contribution in [0.15, 0.2) is 24.3 Å². The van der Waals surface area contributed by atoms with E-state index in [1.165, 1.54) is 0 Å². The molecule has 0 aliphatic heterocycles. The first kappa shape index (κ1) is 17.0. The monoisotopic (exact) mass is 334 g/mol. The molecular weight excluding hydrogens is 316 g/mol. The minimum absolute atomic E-state index is 0.307. The van der Waals surface area contributed by atoms with E-state index < -0.39 is 6.04 Å². The highest BCUT2D eigenvalue weighted by Gasteiger charge is 2.19. The number of hydrogen-bond acceptors (Lipinski definition) is 3. The standard InChI is InChI=1S/C16H19ClN4O2/c1-9-10(2)20-21(4)14(9)19-15(22)11(3)18-16(23)12-5-7-13(17)8-6-12/h5-8,11H,1-4H3,(H,18,23)(H,19,22). The maximum Gasteiger partial charge on any atom is 0.251 e. The van der Waals surface area contributed by atoms with Crippen LogP contribution in [0.3, 0.4) is 0 Å². The fourth-order valence-electron chi connectivity index (χ4n) is 2.11. The zero-order valence-electron chi connectivity index (χ0n) is 13.5. The van der Waals surface area contributed by atoms with Gasteiger partial charge >= 0.3 is 0 Å². The largest absolute Gasteiger partial charge is 0.341 e. The van der Waals surface area contributed by atoms with Crippen LogP contribution in [-0.4, -0.2) is 27.6 Å². The third kappa shape index (κ3) is 3.90. The average molecular weight is 335 g/mol. The van der Waals surface area contributed by atoms with Gasteiger partial charge in [0, 0.05) is 23.2 Å². The number of carbonyl (C=O) groups excluding carboxylic acids is 2. The SMILES string of the molecule is Cc1nn(C)c(NC(=O)C(C)NC(=O)c2ccc(Cl)cc2)c1C. The van der Waals surface area contributed by atoms with Gasteiger partial charge in [-0.2, -0.15) is 5.10 Å². The van der Waals surface area contributed by atoms with Crippen LogP contribution < -0.4 is 10.6 Å². The molecule has 122 valence electrons. The summed E-state index contributed by atoms with van der Waals surface area (Å²) in [5, 5.41) is 10.2. The molecule has 0 bridgehead atoms. The van der Waals surface area contributed by atoms with E-state index in [1.54, 1.807) is 42.9 Å². The van der Waals surface area contributed by atoms with Crippen LogP contribution in [0.4, 0.5) is 5.82 Å². The number of benzene rings is 1. The Morgan fingerprint density at radius 1 is 1.22 bits per heavy atom. The van der Waals surface area contributed by atoms with Gasteiger partial charge in [0.25, 0.3) is 5.91 Å². The Labute approximate surface area is 139 Å². The van der Waals surface area contributed by atoms with Gasteiger partial charge in [-0.3, -0.25) is 14.3 Å². The van der Waals surface area contributed by atoms with E-state index in [2.05, 4.69) is 15.7 Å². The van der Waals surface area contributed by atoms with Gasteiger partial charge in [0.05, 0.1) is 5.69 Å². The third-order valence-electron chi connectivity index (χ3n) is 3.61. The summed E-state index contributed by atoms with van der Waals surface area (Å²) < 4.78 is 1.61. The summed E-state index contributed by atoms with van der Waals surface area (Å²) in [5.41, 5.74) is 2.19. The van der Waals surface area contributed by atoms with Crippen LogP contribution in [0.2, 0.25) is 5.02 Å². The summed E-state index contributed by atoms with van der Waals surface area (Å²) in [6, 6.07) is 5.78. The van der Waals surface area contributed by atoms with Crippen molar-refractivity contribution < 1.29 is 9.59 Å². The van der Waals surface area contributed by atoms with Crippen molar-refractivity contribution in [2.24, 2.45) is 7.05 Å². The minimum Gasteiger partial charge on any atom is -0.341 e. The lowest BCUT2D eigenvalue weighted by atomic mass is 10.2. The summed E-state index contributed by atoms with van der Waals surface area (Å²) in [4.78, 5) is 24.4. The molecule has 7 heteroatoms. The molecule has 1 unspecified atom stereocenters. The Morgan fingerprint density at radius 3 is 2.35 bits per heavy atom. The van der Waals surface area contributed by atoms with Gasteiger partial charge in [0.2, 0.25) is 5.91 Å². The predicted octanol–water partition coefficient (Wildman–Crippen LogP) is 2.45. The first-order valence-electron chi connectivity index (χ1n) is 7.17. The summed E-state index contributed by atoms with van der Waals surface area (Å²) in [7, 11) is 1.76. The van der Waals surface area contributed by atoms with Crippen LogP contribution in [0.5, 0.6) is 0 Å². The topological polar surface area (TPSA) is 76.0 Å². The molecule has 2 N–H and O–H groups in total. The minimum atomic E-state index is -0.687. The van der Waals surface area contributed by atoms with E-state index in [0.717, 1.165) is 11.3 Å². The predicted molar refractivity (Wildman–Crippen MR) is 89.7 cm³/mol. The molecule has 0 aliphatic rings. The molecule has 0 fully saturated rings. The zero-order chi connectivity index (χ0) is 17.1. The van der Waals surface area contributed by atoms with Crippen molar-refractivity contribution in [3.05, 3.63) is 46.1 Å². The van der Waals surface area contributed by atoms with Crippen molar-refractivity contribution in [1.29, 1.82) is 0 Å². The smallest absolute Gasteiger partial charge is 0.251 e. The molecule has 0 radical (unpaired) electrons. The number of halogens is 1. The molecule has 1 heterocycles. The Hall–Kier alpha value is -2.34. The van der Waals surface area contributed by atoms with Gasteiger partial charge in [0.1, 0.15) is 11.9 Å². The van der Waals surface area contributed by atoms with Crippen molar-refractivity contribution in [1.82, 2.24) is 15.1 Å². The molecule has 1 aromatic heterocycles. The van der Waals surface area contributed by atoms with Crippen LogP contribution in [0.1, 0.15) is 28.5 Å². The molecule has 2 rings (SSSR count). The average Bonchev–Trinajstić information content (AvgIpc) is 2.74. The zero-order valence-corrected chi connectivity index (χ0v) is 14.2. The van der Waals surface area contributed by atoms with Crippen LogP contribution in [0.25, 0.3) is 0 Å². The van der Waals surface area contributed by atoms with E-state index >= 15 is 0 Å². The van der Waals surface area contributed by atoms with E-state index in [4.69, 9.17) is 11.6 Å². The lowest BCUT2D eigenvalue weighted by Crippen LogP contribution is -2.42. The number of aryl methyl sites for hydroxylation is 2. The molecule has 23 heavy (non-hydrogen) atoms. The molecule has 0 saturated carbocycles. The molecular formula is C16H19ClN4O2. The first-order valence-corrected chi connectivity index (χ1v) is 7.55. The third-order valence-corrected chi connectivity index (χ3v) is 3.86. The van der Waals surface area contributed by atoms with E-state index in [-0.39, 0.29) is 11.8 Å². The van der Waals surface area contributed by atoms with Gasteiger partial charge in [-0.05, 0) is 45.0 Å². The van der Waals surface area contributed by atoms with Gasteiger partial charge in [0.15, 0.2) is 0 Å². The summed E-state index contributed by atoms with van der Waals surface area (Å²) in [5.74, 6) is -0.0132. The molecule has 1 aromatic carbocycles. The summed E-state index contributed by atoms with van der Waals surface area (Å²) >= 11 is 5.79. The Morgan fingerprint density at radius 2 is 1.83 bits per heavy atom. The second-order valence-corrected chi connectivity index (χ2v) is 5.81. The molecule has 2 aromatic rings. The second kappa shape index (κ2) is 6.83. The number of aromatic nitrogens is 2. The van der Waals surface area contributed by atoms with Crippen LogP contribution in [0, 0.1) is 13.8 Å². The van der Waals surface area contributed by atoms with E-state index in [9.17, 15) is 9.59 Å². The fourth-order valence-corrected chi connectivity index (χ4v) is 2.24. The van der Waals surface area contributed by atoms with Gasteiger partial charge < -0.3 is 10.6 Å². The van der Waals surface area contributed by atoms with Crippen molar-refractivity contribution in [2.75, 3.05) is 5.32 Å². The number of hydrogen-bond donors (Lipinski definition) is 2. The number of nitrogens with zero attached hydrogens (tertiary/aromatic N) is 2. The number of anilines is 1. The first-order chi connectivity index (χ1) is 10.8. The number of carbonyl (C=O) groups is 2. The summed E-state index contributed by atoms with van der Waals surface area (Å²) in [6.45, 7) is 5.38. The lowest BCUT2D eigenvalue weighted by molar-refractivity contribution is -0.117. The molecule has 2 amide bonds. The molecule has 0 saturated heterocycles. The second-order valence-electron chi connectivity index (χ2n) is 5.37. The Kier molecular flexibility index (Phi) is 5.05. The maximum atomic E-state index is 12.3. The van der Waals surface area contributed by atoms with E-state index in [1.807, 2.05) is 13.8 Å². The lowest BCUT2D eigenvalue weighted by Gasteiger charge is -2.15. The molecule has 6 nitrogen and oxygen atoms in total. The Balaban J connectivity index is 2.02. The van der Waals surface area contributed by atoms with Gasteiger partial charge in [-0.15, -0.1) is 0 Å². The van der Waals surface area contributed by atoms with Crippen molar-refractivity contribution in [3.63, 3.8) is 0 Å². The fraction of sp³-hybridized carbons (Fsp3) is 0.312. The normalized spacial score (nSPS) is 11.9. The maximum absolute atomic E-state index is 12.3. The highest BCUT2D eigenvalue weighted by molar-refractivity contribution is 6.30. The number of rotatable bonds is 4. The van der Waals surface area contributed by atoms with Crippen LogP contribution in [-0.2, 0) is 11.8 Å². The van der Waals surface area contributed by atoms with E-state index in [0.29, 0.717) is 16.4 Å². The molecule has 1 atom stereocenters. The highest BCUT2D eigenvalue weighted by atomic mass is 35.5. The quantitative estimate of drug-likeness (QED) is 0.901.